The van der Waals surface area contributed by atoms with Gasteiger partial charge in [0.05, 0.1) is 17.7 Å². The van der Waals surface area contributed by atoms with E-state index in [0.717, 1.165) is 35.1 Å². The van der Waals surface area contributed by atoms with Crippen LogP contribution in [0.2, 0.25) is 0 Å². The first kappa shape index (κ1) is 20.6. The lowest BCUT2D eigenvalue weighted by Gasteiger charge is -2.22. The van der Waals surface area contributed by atoms with Gasteiger partial charge in [-0.1, -0.05) is 18.2 Å². The van der Waals surface area contributed by atoms with Crippen LogP contribution in [0.1, 0.15) is 32.0 Å². The molecule has 2 aromatic carbocycles. The third-order valence-corrected chi connectivity index (χ3v) is 5.54. The number of pyridine rings is 1. The summed E-state index contributed by atoms with van der Waals surface area (Å²) < 4.78 is 29.3. The highest BCUT2D eigenvalue weighted by Gasteiger charge is 2.25. The zero-order valence-electron chi connectivity index (χ0n) is 17.3. The number of hydrogen-bond acceptors (Lipinski definition) is 3. The summed E-state index contributed by atoms with van der Waals surface area (Å²) in [6.45, 7) is 1.07. The number of fused-ring (bicyclic) bond motifs is 2. The molecule has 2 amide bonds. The minimum Gasteiger partial charge on any atom is -0.345 e. The number of amides is 2. The van der Waals surface area contributed by atoms with Gasteiger partial charge in [-0.05, 0) is 54.1 Å². The molecule has 0 unspecified atom stereocenters. The topological polar surface area (TPSA) is 67.2 Å². The van der Waals surface area contributed by atoms with Crippen LogP contribution in [0.25, 0.3) is 0 Å². The van der Waals surface area contributed by atoms with Crippen LogP contribution in [0.4, 0.5) is 20.3 Å². The van der Waals surface area contributed by atoms with E-state index in [4.69, 9.17) is 0 Å². The SMILES string of the molecule is O=C(Nc1ccc(C(=O)N2Cc3cccn3Cc3ccccc32)cn1)c1cc(F)ccc1F. The molecule has 0 fully saturated rings. The van der Waals surface area contributed by atoms with Gasteiger partial charge in [-0.3, -0.25) is 9.59 Å². The van der Waals surface area contributed by atoms with Crippen LogP contribution >= 0.6 is 0 Å². The van der Waals surface area contributed by atoms with Crippen LogP contribution in [0.5, 0.6) is 0 Å². The first-order chi connectivity index (χ1) is 16.0. The Morgan fingerprint density at radius 1 is 0.939 bits per heavy atom. The fourth-order valence-electron chi connectivity index (χ4n) is 3.87. The molecule has 1 N–H and O–H groups in total. The zero-order chi connectivity index (χ0) is 22.9. The number of aromatic nitrogens is 2. The standard InChI is InChI=1S/C25H18F2N4O2/c26-18-8-9-21(27)20(12-18)24(32)29-23-10-7-16(13-28-23)25(33)31-15-19-5-3-11-30(19)14-17-4-1-2-6-22(17)31/h1-13H,14-15H2,(H,28,29,32). The van der Waals surface area contributed by atoms with Gasteiger partial charge in [-0.15, -0.1) is 0 Å². The van der Waals surface area contributed by atoms with E-state index in [9.17, 15) is 18.4 Å². The van der Waals surface area contributed by atoms with E-state index in [1.807, 2.05) is 42.6 Å². The van der Waals surface area contributed by atoms with Gasteiger partial charge in [-0.25, -0.2) is 13.8 Å². The monoisotopic (exact) mass is 444 g/mol. The maximum atomic E-state index is 13.8. The Bertz CT molecular complexity index is 1370. The van der Waals surface area contributed by atoms with Gasteiger partial charge in [0.2, 0.25) is 0 Å². The first-order valence-electron chi connectivity index (χ1n) is 10.3. The number of rotatable bonds is 3. The number of nitrogens with zero attached hydrogens (tertiary/aromatic N) is 3. The molecule has 3 heterocycles. The molecule has 0 radical (unpaired) electrons. The summed E-state index contributed by atoms with van der Waals surface area (Å²) in [6.07, 6.45) is 3.34. The van der Waals surface area contributed by atoms with Crippen molar-refractivity contribution in [3.8, 4) is 0 Å². The number of hydrogen-bond donors (Lipinski definition) is 1. The van der Waals surface area contributed by atoms with Gasteiger partial charge >= 0.3 is 0 Å². The molecule has 5 rings (SSSR count). The maximum absolute atomic E-state index is 13.8. The number of carbonyl (C=O) groups is 2. The lowest BCUT2D eigenvalue weighted by molar-refractivity contribution is 0.0983. The van der Waals surface area contributed by atoms with Crippen LogP contribution in [0, 0.1) is 11.6 Å². The molecule has 6 nitrogen and oxygen atoms in total. The van der Waals surface area contributed by atoms with Gasteiger partial charge in [0.1, 0.15) is 17.5 Å². The van der Waals surface area contributed by atoms with Crippen LogP contribution < -0.4 is 10.2 Å². The van der Waals surface area contributed by atoms with Crippen LogP contribution in [0.3, 0.4) is 0 Å². The molecule has 164 valence electrons. The molecular weight excluding hydrogens is 426 g/mol. The zero-order valence-corrected chi connectivity index (χ0v) is 17.3. The van der Waals surface area contributed by atoms with E-state index in [1.165, 1.54) is 12.3 Å². The van der Waals surface area contributed by atoms with Gasteiger partial charge < -0.3 is 14.8 Å². The summed E-state index contributed by atoms with van der Waals surface area (Å²) in [5, 5.41) is 2.42. The molecule has 4 aromatic rings. The fraction of sp³-hybridized carbons (Fsp3) is 0.0800. The summed E-state index contributed by atoms with van der Waals surface area (Å²) in [7, 11) is 0. The minimum absolute atomic E-state index is 0.116. The molecular formula is C25H18F2N4O2. The van der Waals surface area contributed by atoms with Crippen molar-refractivity contribution in [2.75, 3.05) is 10.2 Å². The molecule has 0 aliphatic carbocycles. The number of carbonyl (C=O) groups excluding carboxylic acids is 2. The second-order valence-corrected chi connectivity index (χ2v) is 7.66. The maximum Gasteiger partial charge on any atom is 0.260 e. The summed E-state index contributed by atoms with van der Waals surface area (Å²) in [5.74, 6) is -2.52. The predicted molar refractivity (Wildman–Crippen MR) is 119 cm³/mol. The van der Waals surface area contributed by atoms with E-state index >= 15 is 0 Å². The van der Waals surface area contributed by atoms with E-state index in [0.29, 0.717) is 18.7 Å². The second kappa shape index (κ2) is 8.31. The number of anilines is 2. The van der Waals surface area contributed by atoms with Gasteiger partial charge in [-0.2, -0.15) is 0 Å². The van der Waals surface area contributed by atoms with Crippen molar-refractivity contribution >= 4 is 23.3 Å². The van der Waals surface area contributed by atoms with Crippen molar-refractivity contribution in [3.05, 3.63) is 113 Å². The Morgan fingerprint density at radius 2 is 1.79 bits per heavy atom. The van der Waals surface area contributed by atoms with E-state index in [2.05, 4.69) is 14.9 Å². The van der Waals surface area contributed by atoms with Crippen LogP contribution in [-0.2, 0) is 13.1 Å². The van der Waals surface area contributed by atoms with Gasteiger partial charge in [0.15, 0.2) is 0 Å². The quantitative estimate of drug-likeness (QED) is 0.501. The highest BCUT2D eigenvalue weighted by atomic mass is 19.1. The average Bonchev–Trinajstić information content (AvgIpc) is 3.19. The highest BCUT2D eigenvalue weighted by Crippen LogP contribution is 2.29. The molecule has 1 aliphatic rings. The van der Waals surface area contributed by atoms with Crippen molar-refractivity contribution in [1.29, 1.82) is 0 Å². The molecule has 0 saturated carbocycles. The third kappa shape index (κ3) is 3.98. The summed E-state index contributed by atoms with van der Waals surface area (Å²) >= 11 is 0. The first-order valence-corrected chi connectivity index (χ1v) is 10.3. The van der Waals surface area contributed by atoms with Crippen molar-refractivity contribution in [2.45, 2.75) is 13.1 Å². The summed E-state index contributed by atoms with van der Waals surface area (Å²) in [4.78, 5) is 31.5. The minimum atomic E-state index is -0.842. The largest absolute Gasteiger partial charge is 0.345 e. The van der Waals surface area contributed by atoms with Gasteiger partial charge in [0, 0.05) is 30.3 Å². The smallest absolute Gasteiger partial charge is 0.260 e. The Morgan fingerprint density at radius 3 is 2.61 bits per heavy atom. The Balaban J connectivity index is 1.39. The van der Waals surface area contributed by atoms with Crippen LogP contribution in [-0.4, -0.2) is 21.4 Å². The number of para-hydroxylation sites is 1. The number of nitrogens with one attached hydrogen (secondary N) is 1. The Kier molecular flexibility index (Phi) is 5.18. The Labute approximate surface area is 188 Å². The summed E-state index contributed by atoms with van der Waals surface area (Å²) in [5.41, 5.74) is 2.76. The predicted octanol–water partition coefficient (Wildman–Crippen LogP) is 4.62. The van der Waals surface area contributed by atoms with Crippen LogP contribution in [0.15, 0.2) is 79.1 Å². The van der Waals surface area contributed by atoms with Crippen molar-refractivity contribution in [2.24, 2.45) is 0 Å². The van der Waals surface area contributed by atoms with Crippen molar-refractivity contribution in [1.82, 2.24) is 9.55 Å². The fourth-order valence-corrected chi connectivity index (χ4v) is 3.87. The molecule has 0 atom stereocenters. The molecule has 33 heavy (non-hydrogen) atoms. The van der Waals surface area contributed by atoms with E-state index in [-0.39, 0.29) is 11.7 Å². The molecule has 2 aromatic heterocycles. The summed E-state index contributed by atoms with van der Waals surface area (Å²) in [6, 6.07) is 17.3. The lowest BCUT2D eigenvalue weighted by atomic mass is 10.1. The third-order valence-electron chi connectivity index (χ3n) is 5.54. The van der Waals surface area contributed by atoms with Crippen molar-refractivity contribution in [3.63, 3.8) is 0 Å². The van der Waals surface area contributed by atoms with E-state index < -0.39 is 23.1 Å². The highest BCUT2D eigenvalue weighted by molar-refractivity contribution is 6.07. The molecule has 1 aliphatic heterocycles. The number of halogens is 2. The molecule has 0 spiro atoms. The lowest BCUT2D eigenvalue weighted by Crippen LogP contribution is -2.30. The van der Waals surface area contributed by atoms with Crippen molar-refractivity contribution < 1.29 is 18.4 Å². The Hall–Kier alpha value is -4.33. The molecule has 0 saturated heterocycles. The molecule has 0 bridgehead atoms. The number of benzene rings is 2. The second-order valence-electron chi connectivity index (χ2n) is 7.66. The van der Waals surface area contributed by atoms with Gasteiger partial charge in [0.25, 0.3) is 11.8 Å². The normalized spacial score (nSPS) is 12.5. The molecule has 8 heteroatoms. The average molecular weight is 444 g/mol. The van der Waals surface area contributed by atoms with E-state index in [1.54, 1.807) is 11.0 Å².